The van der Waals surface area contributed by atoms with Gasteiger partial charge in [-0.2, -0.15) is 0 Å². The number of carbonyl (C=O) groups is 1. The third kappa shape index (κ3) is 5.37. The van der Waals surface area contributed by atoms with Crippen molar-refractivity contribution in [3.8, 4) is 28.4 Å². The van der Waals surface area contributed by atoms with Gasteiger partial charge in [0, 0.05) is 36.0 Å². The van der Waals surface area contributed by atoms with Gasteiger partial charge in [0.15, 0.2) is 11.6 Å². The maximum absolute atomic E-state index is 15.3. The Bertz CT molecular complexity index is 1460. The molecule has 3 aromatic carbocycles. The van der Waals surface area contributed by atoms with Crippen molar-refractivity contribution in [1.82, 2.24) is 0 Å². The maximum Gasteiger partial charge on any atom is 0.306 e. The van der Waals surface area contributed by atoms with Crippen LogP contribution < -0.4 is 14.2 Å². The lowest BCUT2D eigenvalue weighted by atomic mass is 9.90. The van der Waals surface area contributed by atoms with Crippen molar-refractivity contribution in [3.05, 3.63) is 75.8 Å². The molecule has 0 saturated carbocycles. The zero-order valence-electron chi connectivity index (χ0n) is 23.6. The highest BCUT2D eigenvalue weighted by Crippen LogP contribution is 2.46. The molecule has 0 bridgehead atoms. The summed E-state index contributed by atoms with van der Waals surface area (Å²) in [5, 5.41) is 0. The van der Waals surface area contributed by atoms with Crippen LogP contribution in [0.4, 0.5) is 8.78 Å². The monoisotopic (exact) mass is 564 g/mol. The maximum atomic E-state index is 15.3. The molecule has 3 aromatic rings. The molecule has 0 radical (unpaired) electrons. The Morgan fingerprint density at radius 2 is 1.73 bits per heavy atom. The van der Waals surface area contributed by atoms with Crippen molar-refractivity contribution in [2.45, 2.75) is 64.1 Å². The van der Waals surface area contributed by atoms with Crippen LogP contribution in [0.3, 0.4) is 0 Å². The second-order valence-electron chi connectivity index (χ2n) is 11.1. The molecule has 0 spiro atoms. The molecule has 0 amide bonds. The van der Waals surface area contributed by atoms with Gasteiger partial charge in [0.1, 0.15) is 29.5 Å². The first-order valence-corrected chi connectivity index (χ1v) is 14.2. The number of hydrogen-bond acceptors (Lipinski definition) is 6. The van der Waals surface area contributed by atoms with Crippen molar-refractivity contribution in [3.63, 3.8) is 0 Å². The van der Waals surface area contributed by atoms with Gasteiger partial charge in [-0.3, -0.25) is 4.79 Å². The van der Waals surface area contributed by atoms with E-state index in [2.05, 4.69) is 0 Å². The van der Waals surface area contributed by atoms with E-state index in [0.29, 0.717) is 49.7 Å². The van der Waals surface area contributed by atoms with Crippen molar-refractivity contribution < 1.29 is 37.3 Å². The quantitative estimate of drug-likeness (QED) is 0.291. The summed E-state index contributed by atoms with van der Waals surface area (Å²) in [6, 6.07) is 10.7. The first kappa shape index (κ1) is 27.5. The molecule has 0 aromatic heterocycles. The number of benzene rings is 3. The Balaban J connectivity index is 1.27. The fourth-order valence-corrected chi connectivity index (χ4v) is 6.40. The molecule has 2 heterocycles. The van der Waals surface area contributed by atoms with E-state index in [0.717, 1.165) is 46.4 Å². The number of hydrogen-bond donors (Lipinski definition) is 0. The third-order valence-corrected chi connectivity index (χ3v) is 8.38. The van der Waals surface area contributed by atoms with Crippen molar-refractivity contribution >= 4 is 5.97 Å². The van der Waals surface area contributed by atoms with Crippen LogP contribution >= 0.6 is 0 Å². The number of aryl methyl sites for hydroxylation is 2. The molecule has 2 aliphatic heterocycles. The normalized spacial score (nSPS) is 19.8. The van der Waals surface area contributed by atoms with Crippen molar-refractivity contribution in [2.75, 3.05) is 26.9 Å². The minimum absolute atomic E-state index is 0.0900. The molecular formula is C33H34F2O6. The van der Waals surface area contributed by atoms with Crippen LogP contribution in [0.2, 0.25) is 0 Å². The number of halogens is 2. The van der Waals surface area contributed by atoms with E-state index in [4.69, 9.17) is 23.7 Å². The molecule has 1 saturated heterocycles. The standard InChI is InChI=1S/C33H34F2O6/c1-18-12-23(40-21-8-10-38-11-9-21)13-19(2)31(18)26-16-27(34)33(35)32-25(26)6-7-28(32)41-22-4-5-24-20(14-30(36)37-3)17-39-29(24)15-22/h4-5,12-13,15-16,20-21,28H,6-11,14,17H2,1-3H3/t20?,28-/m1/s1. The van der Waals surface area contributed by atoms with Crippen LogP contribution in [0, 0.1) is 25.5 Å². The zero-order chi connectivity index (χ0) is 28.7. The van der Waals surface area contributed by atoms with Gasteiger partial charge in [-0.1, -0.05) is 6.07 Å². The van der Waals surface area contributed by atoms with E-state index in [-0.39, 0.29) is 30.0 Å². The predicted molar refractivity (Wildman–Crippen MR) is 149 cm³/mol. The number of fused-ring (bicyclic) bond motifs is 2. The van der Waals surface area contributed by atoms with Crippen molar-refractivity contribution in [2.24, 2.45) is 0 Å². The van der Waals surface area contributed by atoms with E-state index in [1.54, 1.807) is 12.1 Å². The van der Waals surface area contributed by atoms with Gasteiger partial charge in [0.05, 0.1) is 33.4 Å². The van der Waals surface area contributed by atoms with E-state index in [1.807, 2.05) is 32.0 Å². The Hall–Kier alpha value is -3.65. The average molecular weight is 565 g/mol. The van der Waals surface area contributed by atoms with Gasteiger partial charge >= 0.3 is 5.97 Å². The number of methoxy groups -OCH3 is 1. The van der Waals surface area contributed by atoms with Crippen LogP contribution in [0.15, 0.2) is 36.4 Å². The molecule has 6 nitrogen and oxygen atoms in total. The average Bonchev–Trinajstić information content (AvgIpc) is 3.55. The highest BCUT2D eigenvalue weighted by atomic mass is 19.2. The van der Waals surface area contributed by atoms with Gasteiger partial charge in [0.25, 0.3) is 0 Å². The minimum Gasteiger partial charge on any atom is -0.492 e. The van der Waals surface area contributed by atoms with Gasteiger partial charge in [-0.05, 0) is 78.8 Å². The molecule has 1 fully saturated rings. The summed E-state index contributed by atoms with van der Waals surface area (Å²) in [5.74, 6) is -0.224. The Labute approximate surface area is 238 Å². The largest absolute Gasteiger partial charge is 0.492 e. The summed E-state index contributed by atoms with van der Waals surface area (Å²) in [7, 11) is 1.36. The molecule has 3 aliphatic rings. The van der Waals surface area contributed by atoms with Crippen LogP contribution in [0.5, 0.6) is 17.2 Å². The summed E-state index contributed by atoms with van der Waals surface area (Å²) in [5.41, 5.74) is 5.43. The van der Waals surface area contributed by atoms with Gasteiger partial charge in [-0.15, -0.1) is 0 Å². The number of rotatable bonds is 7. The van der Waals surface area contributed by atoms with Gasteiger partial charge < -0.3 is 23.7 Å². The molecule has 1 aliphatic carbocycles. The fraction of sp³-hybridized carbons (Fsp3) is 0.424. The summed E-state index contributed by atoms with van der Waals surface area (Å²) < 4.78 is 59.0. The molecule has 1 unspecified atom stereocenters. The minimum atomic E-state index is -0.890. The molecule has 41 heavy (non-hydrogen) atoms. The molecule has 2 atom stereocenters. The SMILES string of the molecule is COC(=O)CC1COc2cc(O[C@@H]3CCc4c(-c5c(C)cc(OC6CCOCC6)cc5C)cc(F)c(F)c43)ccc21. The number of carbonyl (C=O) groups excluding carboxylic acids is 1. The highest BCUT2D eigenvalue weighted by molar-refractivity contribution is 5.77. The van der Waals surface area contributed by atoms with Gasteiger partial charge in [0.2, 0.25) is 0 Å². The second kappa shape index (κ2) is 11.3. The first-order chi connectivity index (χ1) is 19.8. The summed E-state index contributed by atoms with van der Waals surface area (Å²) >= 11 is 0. The molecular weight excluding hydrogens is 530 g/mol. The van der Waals surface area contributed by atoms with Crippen LogP contribution in [-0.4, -0.2) is 39.0 Å². The van der Waals surface area contributed by atoms with Crippen LogP contribution in [0.1, 0.15) is 65.5 Å². The molecule has 216 valence electrons. The van der Waals surface area contributed by atoms with Gasteiger partial charge in [-0.25, -0.2) is 8.78 Å². The second-order valence-corrected chi connectivity index (χ2v) is 11.1. The highest BCUT2D eigenvalue weighted by Gasteiger charge is 2.34. The van der Waals surface area contributed by atoms with E-state index < -0.39 is 17.7 Å². The fourth-order valence-electron chi connectivity index (χ4n) is 6.40. The van der Waals surface area contributed by atoms with Crippen molar-refractivity contribution in [1.29, 1.82) is 0 Å². The summed E-state index contributed by atoms with van der Waals surface area (Å²) in [4.78, 5) is 11.7. The third-order valence-electron chi connectivity index (χ3n) is 8.38. The van der Waals surface area contributed by atoms with E-state index in [1.165, 1.54) is 13.2 Å². The predicted octanol–water partition coefficient (Wildman–Crippen LogP) is 6.91. The number of ether oxygens (including phenoxy) is 5. The molecule has 6 rings (SSSR count). The zero-order valence-corrected chi connectivity index (χ0v) is 23.6. The summed E-state index contributed by atoms with van der Waals surface area (Å²) in [6.07, 6.45) is 2.49. The lowest BCUT2D eigenvalue weighted by Gasteiger charge is -2.24. The topological polar surface area (TPSA) is 63.2 Å². The smallest absolute Gasteiger partial charge is 0.306 e. The lowest BCUT2D eigenvalue weighted by molar-refractivity contribution is -0.141. The van der Waals surface area contributed by atoms with E-state index in [9.17, 15) is 4.79 Å². The Kier molecular flexibility index (Phi) is 7.60. The Morgan fingerprint density at radius 3 is 2.46 bits per heavy atom. The summed E-state index contributed by atoms with van der Waals surface area (Å²) in [6.45, 7) is 5.72. The number of esters is 1. The Morgan fingerprint density at radius 1 is 0.976 bits per heavy atom. The molecule has 0 N–H and O–H groups in total. The van der Waals surface area contributed by atoms with E-state index >= 15 is 8.78 Å². The lowest BCUT2D eigenvalue weighted by Crippen LogP contribution is -2.25. The van der Waals surface area contributed by atoms with Crippen LogP contribution in [-0.2, 0) is 20.7 Å². The molecule has 8 heteroatoms. The first-order valence-electron chi connectivity index (χ1n) is 14.2. The van der Waals surface area contributed by atoms with Crippen LogP contribution in [0.25, 0.3) is 11.1 Å².